The molecule has 4 nitrogen and oxygen atoms in total. The van der Waals surface area contributed by atoms with Crippen LogP contribution in [-0.4, -0.2) is 15.0 Å². The van der Waals surface area contributed by atoms with E-state index in [9.17, 15) is 0 Å². The van der Waals surface area contributed by atoms with Gasteiger partial charge in [-0.2, -0.15) is 4.98 Å². The lowest BCUT2D eigenvalue weighted by atomic mass is 10.3. The van der Waals surface area contributed by atoms with E-state index in [0.717, 1.165) is 16.0 Å². The van der Waals surface area contributed by atoms with Crippen molar-refractivity contribution < 1.29 is 0 Å². The van der Waals surface area contributed by atoms with Crippen molar-refractivity contribution in [1.82, 2.24) is 15.0 Å². The second kappa shape index (κ2) is 4.23. The standard InChI is InChI=1S/C11H8N4S2/c16-11-14-8-6-12-10(15-9(8)17-11)13-7-4-2-1-3-5-7/h1-6H,(H,14,16)(H,12,13,15). The summed E-state index contributed by atoms with van der Waals surface area (Å²) < 4.78 is 0.714. The number of H-pyrrole nitrogens is 1. The Labute approximate surface area is 106 Å². The summed E-state index contributed by atoms with van der Waals surface area (Å²) in [6.45, 7) is 0. The topological polar surface area (TPSA) is 53.6 Å². The molecule has 0 aliphatic carbocycles. The molecule has 3 aromatic rings. The van der Waals surface area contributed by atoms with Crippen LogP contribution < -0.4 is 5.32 Å². The maximum Gasteiger partial charge on any atom is 0.228 e. The lowest BCUT2D eigenvalue weighted by molar-refractivity contribution is 1.21. The Hall–Kier alpha value is -1.79. The summed E-state index contributed by atoms with van der Waals surface area (Å²) in [5.74, 6) is 0.578. The molecule has 3 rings (SSSR count). The predicted octanol–water partition coefficient (Wildman–Crippen LogP) is 3.49. The number of nitrogens with one attached hydrogen (secondary N) is 2. The molecular formula is C11H8N4S2. The normalized spacial score (nSPS) is 10.6. The molecule has 6 heteroatoms. The van der Waals surface area contributed by atoms with E-state index >= 15 is 0 Å². The maximum absolute atomic E-state index is 5.06. The quantitative estimate of drug-likeness (QED) is 0.692. The van der Waals surface area contributed by atoms with Crippen molar-refractivity contribution in [3.05, 3.63) is 40.5 Å². The number of benzene rings is 1. The van der Waals surface area contributed by atoms with Crippen LogP contribution in [0.4, 0.5) is 11.6 Å². The van der Waals surface area contributed by atoms with Gasteiger partial charge in [-0.05, 0) is 24.4 Å². The van der Waals surface area contributed by atoms with E-state index < -0.39 is 0 Å². The molecule has 84 valence electrons. The molecule has 2 aromatic heterocycles. The largest absolute Gasteiger partial charge is 0.334 e. The molecule has 0 radical (unpaired) electrons. The minimum atomic E-state index is 0.578. The van der Waals surface area contributed by atoms with Crippen molar-refractivity contribution in [2.24, 2.45) is 0 Å². The minimum absolute atomic E-state index is 0.578. The molecule has 0 saturated heterocycles. The van der Waals surface area contributed by atoms with Gasteiger partial charge in [-0.1, -0.05) is 29.5 Å². The Morgan fingerprint density at radius 3 is 2.88 bits per heavy atom. The average Bonchev–Trinajstić information content (AvgIpc) is 2.70. The van der Waals surface area contributed by atoms with Crippen LogP contribution in [0.25, 0.3) is 10.3 Å². The van der Waals surface area contributed by atoms with E-state index in [4.69, 9.17) is 12.2 Å². The van der Waals surface area contributed by atoms with Crippen molar-refractivity contribution in [3.63, 3.8) is 0 Å². The summed E-state index contributed by atoms with van der Waals surface area (Å²) in [4.78, 5) is 12.5. The van der Waals surface area contributed by atoms with Gasteiger partial charge in [0.25, 0.3) is 0 Å². The molecule has 17 heavy (non-hydrogen) atoms. The summed E-state index contributed by atoms with van der Waals surface area (Å²) in [6.07, 6.45) is 1.74. The van der Waals surface area contributed by atoms with E-state index in [1.807, 2.05) is 30.3 Å². The van der Waals surface area contributed by atoms with Crippen LogP contribution in [0.5, 0.6) is 0 Å². The fourth-order valence-electron chi connectivity index (χ4n) is 1.46. The number of hydrogen-bond acceptors (Lipinski definition) is 5. The Balaban J connectivity index is 1.98. The zero-order valence-corrected chi connectivity index (χ0v) is 10.3. The molecule has 2 heterocycles. The monoisotopic (exact) mass is 260 g/mol. The van der Waals surface area contributed by atoms with E-state index in [2.05, 4.69) is 20.3 Å². The van der Waals surface area contributed by atoms with Gasteiger partial charge in [-0.15, -0.1) is 0 Å². The van der Waals surface area contributed by atoms with Gasteiger partial charge in [-0.3, -0.25) is 0 Å². The molecule has 0 bridgehead atoms. The molecule has 0 aliphatic rings. The van der Waals surface area contributed by atoms with Gasteiger partial charge in [0.2, 0.25) is 5.95 Å². The summed E-state index contributed by atoms with van der Waals surface area (Å²) in [5.41, 5.74) is 1.84. The molecule has 0 amide bonds. The number of para-hydroxylation sites is 1. The third kappa shape index (κ3) is 2.17. The molecule has 2 N–H and O–H groups in total. The third-order valence-corrected chi connectivity index (χ3v) is 3.35. The molecule has 0 aliphatic heterocycles. The highest BCUT2D eigenvalue weighted by atomic mass is 32.1. The SMILES string of the molecule is S=c1[nH]c2cnc(Nc3ccccc3)nc2s1. The van der Waals surface area contributed by atoms with Crippen molar-refractivity contribution in [1.29, 1.82) is 0 Å². The second-order valence-corrected chi connectivity index (χ2v) is 5.08. The van der Waals surface area contributed by atoms with E-state index in [1.54, 1.807) is 6.20 Å². The molecular weight excluding hydrogens is 252 g/mol. The van der Waals surface area contributed by atoms with Crippen LogP contribution in [0.2, 0.25) is 0 Å². The first-order valence-corrected chi connectivity index (χ1v) is 6.22. The van der Waals surface area contributed by atoms with Gasteiger partial charge in [0.1, 0.15) is 4.83 Å². The van der Waals surface area contributed by atoms with Crippen molar-refractivity contribution in [3.8, 4) is 0 Å². The highest BCUT2D eigenvalue weighted by Gasteiger charge is 2.02. The summed E-state index contributed by atoms with van der Waals surface area (Å²) in [7, 11) is 0. The Morgan fingerprint density at radius 2 is 2.06 bits per heavy atom. The van der Waals surface area contributed by atoms with E-state index in [0.29, 0.717) is 9.90 Å². The van der Waals surface area contributed by atoms with Crippen molar-refractivity contribution in [2.45, 2.75) is 0 Å². The number of thiazole rings is 1. The fourth-order valence-corrected chi connectivity index (χ4v) is 2.49. The number of rotatable bonds is 2. The van der Waals surface area contributed by atoms with Gasteiger partial charge in [0.15, 0.2) is 3.95 Å². The Bertz CT molecular complexity index is 702. The van der Waals surface area contributed by atoms with Gasteiger partial charge in [0.05, 0.1) is 11.7 Å². The van der Waals surface area contributed by atoms with Crippen LogP contribution in [0.15, 0.2) is 36.5 Å². The number of aromatic amines is 1. The molecule has 0 atom stereocenters. The lowest BCUT2D eigenvalue weighted by Gasteiger charge is -2.03. The fraction of sp³-hybridized carbons (Fsp3) is 0. The lowest BCUT2D eigenvalue weighted by Crippen LogP contribution is -1.95. The number of aromatic nitrogens is 3. The summed E-state index contributed by atoms with van der Waals surface area (Å²) in [6, 6.07) is 9.81. The average molecular weight is 260 g/mol. The molecule has 0 fully saturated rings. The smallest absolute Gasteiger partial charge is 0.228 e. The van der Waals surface area contributed by atoms with Crippen molar-refractivity contribution in [2.75, 3.05) is 5.32 Å². The third-order valence-electron chi connectivity index (χ3n) is 2.21. The number of fused-ring (bicyclic) bond motifs is 1. The predicted molar refractivity (Wildman–Crippen MR) is 72.3 cm³/mol. The zero-order valence-electron chi connectivity index (χ0n) is 8.68. The maximum atomic E-state index is 5.06. The second-order valence-electron chi connectivity index (χ2n) is 3.42. The van der Waals surface area contributed by atoms with Gasteiger partial charge in [-0.25, -0.2) is 4.98 Å². The molecule has 0 spiro atoms. The molecule has 0 unspecified atom stereocenters. The van der Waals surface area contributed by atoms with E-state index in [-0.39, 0.29) is 0 Å². The van der Waals surface area contributed by atoms with Crippen LogP contribution in [-0.2, 0) is 0 Å². The van der Waals surface area contributed by atoms with Gasteiger partial charge >= 0.3 is 0 Å². The van der Waals surface area contributed by atoms with Gasteiger partial charge < -0.3 is 10.3 Å². The first-order chi connectivity index (χ1) is 8.31. The van der Waals surface area contributed by atoms with Crippen LogP contribution >= 0.6 is 23.6 Å². The Morgan fingerprint density at radius 1 is 1.24 bits per heavy atom. The van der Waals surface area contributed by atoms with Crippen LogP contribution in [0, 0.1) is 3.95 Å². The van der Waals surface area contributed by atoms with E-state index in [1.165, 1.54) is 11.3 Å². The highest BCUT2D eigenvalue weighted by Crippen LogP contribution is 2.19. The first kappa shape index (κ1) is 10.4. The number of nitrogens with zero attached hydrogens (tertiary/aromatic N) is 2. The zero-order chi connectivity index (χ0) is 11.7. The molecule has 0 saturated carbocycles. The van der Waals surface area contributed by atoms with Crippen LogP contribution in [0.1, 0.15) is 0 Å². The van der Waals surface area contributed by atoms with Crippen molar-refractivity contribution >= 4 is 45.5 Å². The minimum Gasteiger partial charge on any atom is -0.334 e. The first-order valence-electron chi connectivity index (χ1n) is 4.99. The number of anilines is 2. The highest BCUT2D eigenvalue weighted by molar-refractivity contribution is 7.73. The number of hydrogen-bond donors (Lipinski definition) is 2. The summed E-state index contributed by atoms with van der Waals surface area (Å²) >= 11 is 6.51. The molecule has 1 aromatic carbocycles. The van der Waals surface area contributed by atoms with Crippen LogP contribution in [0.3, 0.4) is 0 Å². The summed E-state index contributed by atoms with van der Waals surface area (Å²) in [5, 5.41) is 3.14. The van der Waals surface area contributed by atoms with Gasteiger partial charge in [0, 0.05) is 5.69 Å². The Kier molecular flexibility index (Phi) is 2.58.